The average Bonchev–Trinajstić information content (AvgIpc) is 2.30. The zero-order valence-corrected chi connectivity index (χ0v) is 8.07. The van der Waals surface area contributed by atoms with Crippen LogP contribution in [0.1, 0.15) is 34.8 Å². The third-order valence-corrected chi connectivity index (χ3v) is 2.72. The largest absolute Gasteiger partial charge is 0.316 e. The summed E-state index contributed by atoms with van der Waals surface area (Å²) in [7, 11) is 0. The molecule has 0 aromatic carbocycles. The third kappa shape index (κ3) is 1.82. The van der Waals surface area contributed by atoms with Crippen molar-refractivity contribution < 1.29 is 4.79 Å². The lowest BCUT2D eigenvalue weighted by atomic mass is 9.91. The quantitative estimate of drug-likeness (QED) is 0.716. The average molecular weight is 190 g/mol. The molecule has 1 atom stereocenters. The second kappa shape index (κ2) is 4.33. The lowest BCUT2D eigenvalue weighted by Crippen LogP contribution is -2.29. The Morgan fingerprint density at radius 2 is 2.50 bits per heavy atom. The molecule has 14 heavy (non-hydrogen) atoms. The van der Waals surface area contributed by atoms with Crippen LogP contribution in [0, 0.1) is 0 Å². The summed E-state index contributed by atoms with van der Waals surface area (Å²) in [6.45, 7) is 2.06. The second-order valence-electron chi connectivity index (χ2n) is 3.64. The minimum atomic E-state index is 0.456. The molecule has 3 nitrogen and oxygen atoms in total. The van der Waals surface area contributed by atoms with Crippen LogP contribution < -0.4 is 5.32 Å². The van der Waals surface area contributed by atoms with Gasteiger partial charge in [-0.3, -0.25) is 9.78 Å². The Morgan fingerprint density at radius 1 is 1.57 bits per heavy atom. The van der Waals surface area contributed by atoms with Gasteiger partial charge in [-0.2, -0.15) is 0 Å². The Bertz CT molecular complexity index is 319. The minimum absolute atomic E-state index is 0.456. The highest BCUT2D eigenvalue weighted by molar-refractivity contribution is 5.74. The molecule has 2 rings (SSSR count). The summed E-state index contributed by atoms with van der Waals surface area (Å²) in [6, 6.07) is 3.91. The second-order valence-corrected chi connectivity index (χ2v) is 3.64. The molecule has 74 valence electrons. The standard InChI is InChI=1S/C11H14N2O/c14-8-11-10(4-2-6-13-11)9-3-1-5-12-7-9/h2,4,6,8-9,12H,1,3,5,7H2. The summed E-state index contributed by atoms with van der Waals surface area (Å²) < 4.78 is 0. The molecule has 0 spiro atoms. The third-order valence-electron chi connectivity index (χ3n) is 2.72. The van der Waals surface area contributed by atoms with E-state index in [-0.39, 0.29) is 0 Å². The number of carbonyl (C=O) groups excluding carboxylic acids is 1. The number of piperidine rings is 1. The topological polar surface area (TPSA) is 42.0 Å². The summed E-state index contributed by atoms with van der Waals surface area (Å²) in [5, 5.41) is 3.34. The zero-order chi connectivity index (χ0) is 9.80. The molecule has 1 aromatic rings. The molecule has 0 saturated carbocycles. The molecular weight excluding hydrogens is 176 g/mol. The van der Waals surface area contributed by atoms with E-state index >= 15 is 0 Å². The van der Waals surface area contributed by atoms with E-state index in [1.165, 1.54) is 6.42 Å². The van der Waals surface area contributed by atoms with E-state index in [1.807, 2.05) is 12.1 Å². The van der Waals surface area contributed by atoms with Crippen LogP contribution in [0.25, 0.3) is 0 Å². The van der Waals surface area contributed by atoms with Crippen molar-refractivity contribution in [3.63, 3.8) is 0 Å². The molecule has 0 amide bonds. The lowest BCUT2D eigenvalue weighted by molar-refractivity contribution is 0.111. The molecule has 1 aromatic heterocycles. The van der Waals surface area contributed by atoms with Crippen molar-refractivity contribution in [1.29, 1.82) is 0 Å². The maximum absolute atomic E-state index is 10.8. The summed E-state index contributed by atoms with van der Waals surface area (Å²) in [6.07, 6.45) is 4.85. The minimum Gasteiger partial charge on any atom is -0.316 e. The molecule has 0 radical (unpaired) electrons. The van der Waals surface area contributed by atoms with Gasteiger partial charge >= 0.3 is 0 Å². The number of aldehydes is 1. The van der Waals surface area contributed by atoms with Crippen molar-refractivity contribution in [3.8, 4) is 0 Å². The van der Waals surface area contributed by atoms with E-state index in [9.17, 15) is 4.79 Å². The van der Waals surface area contributed by atoms with Crippen LogP contribution in [0.3, 0.4) is 0 Å². The van der Waals surface area contributed by atoms with Gasteiger partial charge in [0.25, 0.3) is 0 Å². The van der Waals surface area contributed by atoms with Gasteiger partial charge in [0.05, 0.1) is 0 Å². The summed E-state index contributed by atoms with van der Waals surface area (Å²) in [5.41, 5.74) is 1.69. The predicted octanol–water partition coefficient (Wildman–Crippen LogP) is 1.36. The molecule has 1 fully saturated rings. The van der Waals surface area contributed by atoms with Crippen LogP contribution in [0.4, 0.5) is 0 Å². The highest BCUT2D eigenvalue weighted by atomic mass is 16.1. The summed E-state index contributed by atoms with van der Waals surface area (Å²) in [4.78, 5) is 14.9. The highest BCUT2D eigenvalue weighted by Gasteiger charge is 2.17. The maximum atomic E-state index is 10.8. The molecule has 1 unspecified atom stereocenters. The van der Waals surface area contributed by atoms with E-state index in [0.29, 0.717) is 11.6 Å². The van der Waals surface area contributed by atoms with Gasteiger partial charge in [0.2, 0.25) is 0 Å². The van der Waals surface area contributed by atoms with E-state index in [0.717, 1.165) is 31.4 Å². The van der Waals surface area contributed by atoms with E-state index in [2.05, 4.69) is 10.3 Å². The van der Waals surface area contributed by atoms with E-state index in [1.54, 1.807) is 6.20 Å². The van der Waals surface area contributed by atoms with Gasteiger partial charge in [-0.15, -0.1) is 0 Å². The Morgan fingerprint density at radius 3 is 3.21 bits per heavy atom. The molecule has 1 N–H and O–H groups in total. The fourth-order valence-corrected chi connectivity index (χ4v) is 1.99. The lowest BCUT2D eigenvalue weighted by Gasteiger charge is -2.23. The summed E-state index contributed by atoms with van der Waals surface area (Å²) in [5.74, 6) is 0.456. The number of carbonyl (C=O) groups is 1. The van der Waals surface area contributed by atoms with E-state index in [4.69, 9.17) is 0 Å². The van der Waals surface area contributed by atoms with E-state index < -0.39 is 0 Å². The van der Waals surface area contributed by atoms with Crippen LogP contribution in [-0.4, -0.2) is 24.4 Å². The van der Waals surface area contributed by atoms with Gasteiger partial charge in [-0.25, -0.2) is 0 Å². The molecule has 3 heteroatoms. The first-order chi connectivity index (χ1) is 6.92. The van der Waals surface area contributed by atoms with Gasteiger partial charge in [0.15, 0.2) is 6.29 Å². The van der Waals surface area contributed by atoms with Crippen molar-refractivity contribution >= 4 is 6.29 Å². The number of nitrogens with one attached hydrogen (secondary N) is 1. The maximum Gasteiger partial charge on any atom is 0.168 e. The van der Waals surface area contributed by atoms with Crippen LogP contribution in [0.15, 0.2) is 18.3 Å². The van der Waals surface area contributed by atoms with Crippen LogP contribution in [-0.2, 0) is 0 Å². The smallest absolute Gasteiger partial charge is 0.168 e. The Labute approximate surface area is 83.5 Å². The van der Waals surface area contributed by atoms with Gasteiger partial charge in [0, 0.05) is 12.7 Å². The van der Waals surface area contributed by atoms with Gasteiger partial charge in [0.1, 0.15) is 5.69 Å². The number of hydrogen-bond donors (Lipinski definition) is 1. The van der Waals surface area contributed by atoms with Crippen molar-refractivity contribution in [1.82, 2.24) is 10.3 Å². The number of nitrogens with zero attached hydrogens (tertiary/aromatic N) is 1. The van der Waals surface area contributed by atoms with Crippen molar-refractivity contribution in [3.05, 3.63) is 29.6 Å². The molecule has 1 aliphatic rings. The molecule has 0 bridgehead atoms. The number of hydrogen-bond acceptors (Lipinski definition) is 3. The Balaban J connectivity index is 2.24. The van der Waals surface area contributed by atoms with Gasteiger partial charge in [-0.1, -0.05) is 6.07 Å². The first kappa shape index (κ1) is 9.34. The SMILES string of the molecule is O=Cc1ncccc1C1CCCNC1. The molecule has 1 aliphatic heterocycles. The number of aromatic nitrogens is 1. The normalized spacial score (nSPS) is 21.9. The highest BCUT2D eigenvalue weighted by Crippen LogP contribution is 2.24. The molecule has 0 aliphatic carbocycles. The molecule has 2 heterocycles. The Kier molecular flexibility index (Phi) is 2.89. The number of rotatable bonds is 2. The Hall–Kier alpha value is -1.22. The monoisotopic (exact) mass is 190 g/mol. The predicted molar refractivity (Wildman–Crippen MR) is 54.5 cm³/mol. The van der Waals surface area contributed by atoms with Crippen molar-refractivity contribution in [2.24, 2.45) is 0 Å². The number of pyridine rings is 1. The fourth-order valence-electron chi connectivity index (χ4n) is 1.99. The molecule has 1 saturated heterocycles. The fraction of sp³-hybridized carbons (Fsp3) is 0.455. The van der Waals surface area contributed by atoms with Gasteiger partial charge in [-0.05, 0) is 36.9 Å². The van der Waals surface area contributed by atoms with Crippen LogP contribution >= 0.6 is 0 Å². The van der Waals surface area contributed by atoms with Crippen molar-refractivity contribution in [2.45, 2.75) is 18.8 Å². The molecular formula is C11H14N2O. The first-order valence-corrected chi connectivity index (χ1v) is 5.02. The van der Waals surface area contributed by atoms with Crippen molar-refractivity contribution in [2.75, 3.05) is 13.1 Å². The van der Waals surface area contributed by atoms with Gasteiger partial charge < -0.3 is 5.32 Å². The zero-order valence-electron chi connectivity index (χ0n) is 8.07. The first-order valence-electron chi connectivity index (χ1n) is 5.02. The van der Waals surface area contributed by atoms with Crippen LogP contribution in [0.5, 0.6) is 0 Å². The van der Waals surface area contributed by atoms with Crippen LogP contribution in [0.2, 0.25) is 0 Å². The summed E-state index contributed by atoms with van der Waals surface area (Å²) >= 11 is 0.